The maximum absolute atomic E-state index is 12.5. The zero-order valence-electron chi connectivity index (χ0n) is 13.5. The summed E-state index contributed by atoms with van der Waals surface area (Å²) in [4.78, 5) is 11.3. The van der Waals surface area contributed by atoms with Crippen LogP contribution in [0.3, 0.4) is 0 Å². The van der Waals surface area contributed by atoms with Crippen molar-refractivity contribution in [3.8, 4) is 0 Å². The molecule has 1 aromatic carbocycles. The first-order chi connectivity index (χ1) is 12.1. The standard InChI is InChI=1S/C17H18N2O4S2/c20-17(21)12-6-8-14(9-7-12)25(23)16-11-10-15(18-19-16)24(22)13-4-2-1-3-5-13/h6-11,13H,1-5H2,(H,20,21). The summed E-state index contributed by atoms with van der Waals surface area (Å²) in [5.41, 5.74) is 0.130. The monoisotopic (exact) mass is 378 g/mol. The van der Waals surface area contributed by atoms with Crippen LogP contribution in [0, 0.1) is 0 Å². The molecule has 0 radical (unpaired) electrons. The fourth-order valence-corrected chi connectivity index (χ4v) is 5.16. The Hall–Kier alpha value is -1.93. The predicted molar refractivity (Wildman–Crippen MR) is 93.4 cm³/mol. The fourth-order valence-electron chi connectivity index (χ4n) is 2.81. The summed E-state index contributed by atoms with van der Waals surface area (Å²) in [6.45, 7) is 0. The molecule has 0 bridgehead atoms. The van der Waals surface area contributed by atoms with Crippen molar-refractivity contribution in [2.24, 2.45) is 0 Å². The molecule has 8 heteroatoms. The number of carbonyl (C=O) groups is 1. The van der Waals surface area contributed by atoms with E-state index in [0.717, 1.165) is 25.7 Å². The van der Waals surface area contributed by atoms with Crippen LogP contribution in [0.15, 0.2) is 51.3 Å². The minimum Gasteiger partial charge on any atom is -0.478 e. The molecule has 1 fully saturated rings. The summed E-state index contributed by atoms with van der Waals surface area (Å²) in [5.74, 6) is -1.04. The van der Waals surface area contributed by atoms with Crippen LogP contribution in [0.5, 0.6) is 0 Å². The molecular formula is C17H18N2O4S2. The van der Waals surface area contributed by atoms with Crippen molar-refractivity contribution in [1.29, 1.82) is 0 Å². The van der Waals surface area contributed by atoms with Gasteiger partial charge in [0, 0.05) is 10.1 Å². The maximum Gasteiger partial charge on any atom is 0.335 e. The Kier molecular flexibility index (Phi) is 5.70. The van der Waals surface area contributed by atoms with E-state index in [1.165, 1.54) is 30.7 Å². The molecule has 0 amide bonds. The van der Waals surface area contributed by atoms with E-state index in [9.17, 15) is 13.2 Å². The van der Waals surface area contributed by atoms with Gasteiger partial charge in [-0.15, -0.1) is 10.2 Å². The second kappa shape index (κ2) is 7.97. The third kappa shape index (κ3) is 4.19. The number of hydrogen-bond donors (Lipinski definition) is 1. The van der Waals surface area contributed by atoms with Gasteiger partial charge >= 0.3 is 5.97 Å². The van der Waals surface area contributed by atoms with Gasteiger partial charge in [-0.25, -0.2) is 9.00 Å². The molecule has 25 heavy (non-hydrogen) atoms. The Morgan fingerprint density at radius 2 is 1.52 bits per heavy atom. The van der Waals surface area contributed by atoms with Crippen molar-refractivity contribution < 1.29 is 18.3 Å². The lowest BCUT2D eigenvalue weighted by Gasteiger charge is -2.20. The molecular weight excluding hydrogens is 360 g/mol. The highest BCUT2D eigenvalue weighted by Gasteiger charge is 2.22. The second-order valence-electron chi connectivity index (χ2n) is 5.87. The lowest BCUT2D eigenvalue weighted by Crippen LogP contribution is -2.19. The van der Waals surface area contributed by atoms with Crippen LogP contribution in [0.4, 0.5) is 0 Å². The number of rotatable bonds is 5. The van der Waals surface area contributed by atoms with Gasteiger partial charge in [0.05, 0.1) is 16.4 Å². The SMILES string of the molecule is O=C(O)c1ccc(S(=O)c2ccc(S(=O)C3CCCCC3)nn2)cc1. The zero-order valence-corrected chi connectivity index (χ0v) is 15.1. The van der Waals surface area contributed by atoms with Crippen LogP contribution in [0.25, 0.3) is 0 Å². The van der Waals surface area contributed by atoms with Gasteiger partial charge in [-0.1, -0.05) is 19.3 Å². The Balaban J connectivity index is 1.73. The number of aromatic nitrogens is 2. The van der Waals surface area contributed by atoms with E-state index < -0.39 is 27.6 Å². The molecule has 3 rings (SSSR count). The number of aromatic carboxylic acids is 1. The molecule has 2 aromatic rings. The van der Waals surface area contributed by atoms with E-state index in [-0.39, 0.29) is 15.8 Å². The van der Waals surface area contributed by atoms with Crippen LogP contribution in [-0.4, -0.2) is 34.9 Å². The number of hydrogen-bond acceptors (Lipinski definition) is 5. The summed E-state index contributed by atoms with van der Waals surface area (Å²) in [7, 11) is -2.74. The first-order valence-electron chi connectivity index (χ1n) is 8.05. The highest BCUT2D eigenvalue weighted by molar-refractivity contribution is 7.85. The van der Waals surface area contributed by atoms with E-state index >= 15 is 0 Å². The number of benzene rings is 1. The van der Waals surface area contributed by atoms with Gasteiger partial charge in [0.15, 0.2) is 5.03 Å². The van der Waals surface area contributed by atoms with Gasteiger partial charge in [0.2, 0.25) is 0 Å². The van der Waals surface area contributed by atoms with E-state index in [1.807, 2.05) is 0 Å². The number of carboxylic acids is 1. The average molecular weight is 378 g/mol. The predicted octanol–water partition coefficient (Wildman–Crippen LogP) is 2.78. The molecule has 0 aliphatic heterocycles. The van der Waals surface area contributed by atoms with Crippen LogP contribution in [-0.2, 0) is 21.6 Å². The molecule has 1 N–H and O–H groups in total. The summed E-state index contributed by atoms with van der Waals surface area (Å²) in [6.07, 6.45) is 5.27. The Bertz CT molecular complexity index is 800. The zero-order chi connectivity index (χ0) is 17.8. The Labute approximate surface area is 150 Å². The highest BCUT2D eigenvalue weighted by atomic mass is 32.2. The normalized spacial score (nSPS) is 17.8. The Morgan fingerprint density at radius 3 is 2.08 bits per heavy atom. The topological polar surface area (TPSA) is 97.2 Å². The Morgan fingerprint density at radius 1 is 0.920 bits per heavy atom. The molecule has 0 saturated heterocycles. The smallest absolute Gasteiger partial charge is 0.335 e. The van der Waals surface area contributed by atoms with Crippen LogP contribution < -0.4 is 0 Å². The largest absolute Gasteiger partial charge is 0.478 e. The van der Waals surface area contributed by atoms with Crippen LogP contribution in [0.1, 0.15) is 42.5 Å². The number of carboxylic acid groups (broad SMARTS) is 1. The summed E-state index contributed by atoms with van der Waals surface area (Å²) in [6, 6.07) is 8.98. The van der Waals surface area contributed by atoms with E-state index in [4.69, 9.17) is 5.11 Å². The molecule has 1 heterocycles. The minimum atomic E-state index is -1.56. The highest BCUT2D eigenvalue weighted by Crippen LogP contribution is 2.25. The molecule has 1 aromatic heterocycles. The van der Waals surface area contributed by atoms with Crippen LogP contribution in [0.2, 0.25) is 0 Å². The molecule has 2 unspecified atom stereocenters. The molecule has 1 aliphatic carbocycles. The molecule has 0 spiro atoms. The lowest BCUT2D eigenvalue weighted by molar-refractivity contribution is 0.0697. The molecule has 6 nitrogen and oxygen atoms in total. The fraction of sp³-hybridized carbons (Fsp3) is 0.353. The van der Waals surface area contributed by atoms with Gasteiger partial charge < -0.3 is 5.11 Å². The average Bonchev–Trinajstić information content (AvgIpc) is 2.67. The van der Waals surface area contributed by atoms with Crippen molar-refractivity contribution in [2.45, 2.75) is 52.3 Å². The maximum atomic E-state index is 12.5. The van der Waals surface area contributed by atoms with E-state index in [1.54, 1.807) is 12.1 Å². The van der Waals surface area contributed by atoms with Gasteiger partial charge in [-0.05, 0) is 49.2 Å². The summed E-state index contributed by atoms with van der Waals surface area (Å²) in [5, 5.41) is 17.7. The third-order valence-electron chi connectivity index (χ3n) is 4.18. The van der Waals surface area contributed by atoms with Gasteiger partial charge in [0.25, 0.3) is 0 Å². The molecule has 1 saturated carbocycles. The second-order valence-corrected chi connectivity index (χ2v) is 8.97. The van der Waals surface area contributed by atoms with Crippen molar-refractivity contribution in [3.63, 3.8) is 0 Å². The minimum absolute atomic E-state index is 0.128. The van der Waals surface area contributed by atoms with Gasteiger partial charge in [-0.3, -0.25) is 4.21 Å². The number of nitrogens with zero attached hydrogens (tertiary/aromatic N) is 2. The first kappa shape index (κ1) is 17.9. The van der Waals surface area contributed by atoms with Crippen molar-refractivity contribution >= 4 is 27.6 Å². The molecule has 1 aliphatic rings. The molecule has 2 atom stereocenters. The van der Waals surface area contributed by atoms with Crippen molar-refractivity contribution in [1.82, 2.24) is 10.2 Å². The van der Waals surface area contributed by atoms with Crippen LogP contribution >= 0.6 is 0 Å². The first-order valence-corrected chi connectivity index (χ1v) is 10.4. The molecule has 132 valence electrons. The van der Waals surface area contributed by atoms with E-state index in [2.05, 4.69) is 10.2 Å². The van der Waals surface area contributed by atoms with Crippen molar-refractivity contribution in [3.05, 3.63) is 42.0 Å². The van der Waals surface area contributed by atoms with Gasteiger partial charge in [0.1, 0.15) is 15.8 Å². The summed E-state index contributed by atoms with van der Waals surface area (Å²) >= 11 is 0. The van der Waals surface area contributed by atoms with E-state index in [0.29, 0.717) is 9.92 Å². The lowest BCUT2D eigenvalue weighted by atomic mass is 10.0. The summed E-state index contributed by atoms with van der Waals surface area (Å²) < 4.78 is 25.0. The quantitative estimate of drug-likeness (QED) is 0.859. The third-order valence-corrected chi connectivity index (χ3v) is 7.19. The van der Waals surface area contributed by atoms with Crippen molar-refractivity contribution in [2.75, 3.05) is 0 Å². The van der Waals surface area contributed by atoms with Gasteiger partial charge in [-0.2, -0.15) is 0 Å².